The van der Waals surface area contributed by atoms with Crippen LogP contribution in [0.15, 0.2) is 47.5 Å². The second-order valence-electron chi connectivity index (χ2n) is 7.61. The van der Waals surface area contributed by atoms with Crippen molar-refractivity contribution in [3.05, 3.63) is 53.6 Å². The van der Waals surface area contributed by atoms with Gasteiger partial charge in [-0.3, -0.25) is 9.89 Å². The van der Waals surface area contributed by atoms with Gasteiger partial charge in [0.25, 0.3) is 0 Å². The van der Waals surface area contributed by atoms with E-state index in [0.717, 1.165) is 49.5 Å². The number of rotatable bonds is 5. The van der Waals surface area contributed by atoms with Gasteiger partial charge in [0.15, 0.2) is 17.5 Å². The maximum atomic E-state index is 6.17. The lowest BCUT2D eigenvalue weighted by Crippen LogP contribution is -2.41. The van der Waals surface area contributed by atoms with Gasteiger partial charge in [0, 0.05) is 37.3 Å². The summed E-state index contributed by atoms with van der Waals surface area (Å²) in [5.74, 6) is 1.95. The zero-order valence-electron chi connectivity index (χ0n) is 17.1. The normalized spacial score (nSPS) is 17.9. The number of hydrogen-bond acceptors (Lipinski definition) is 4. The molecular weight excluding hydrogens is 364 g/mol. The van der Waals surface area contributed by atoms with Crippen LogP contribution < -0.4 is 20.5 Å². The molecule has 0 aliphatic carbocycles. The van der Waals surface area contributed by atoms with Gasteiger partial charge in [-0.05, 0) is 36.1 Å². The SMILES string of the molecule is CCC(CN=C(N)Nc1ccc2c(c1)OCCCO2)N1CCc2ccccc2C1. The molecule has 0 spiro atoms. The first-order valence-corrected chi connectivity index (χ1v) is 10.5. The van der Waals surface area contributed by atoms with Gasteiger partial charge in [0.1, 0.15) is 0 Å². The molecule has 154 valence electrons. The third-order valence-electron chi connectivity index (χ3n) is 5.64. The van der Waals surface area contributed by atoms with Crippen molar-refractivity contribution < 1.29 is 9.47 Å². The number of fused-ring (bicyclic) bond motifs is 2. The fourth-order valence-electron chi connectivity index (χ4n) is 3.96. The Bertz CT molecular complexity index is 868. The quantitative estimate of drug-likeness (QED) is 0.601. The third-order valence-corrected chi connectivity index (χ3v) is 5.64. The number of nitrogens with two attached hydrogens (primary N) is 1. The van der Waals surface area contributed by atoms with Crippen molar-refractivity contribution in [3.63, 3.8) is 0 Å². The predicted octanol–water partition coefficient (Wildman–Crippen LogP) is 3.41. The van der Waals surface area contributed by atoms with E-state index in [4.69, 9.17) is 15.2 Å². The van der Waals surface area contributed by atoms with Crippen LogP contribution in [-0.4, -0.2) is 43.2 Å². The number of nitrogens with zero attached hydrogens (tertiary/aromatic N) is 2. The molecule has 0 fully saturated rings. The van der Waals surface area contributed by atoms with Gasteiger partial charge < -0.3 is 20.5 Å². The summed E-state index contributed by atoms with van der Waals surface area (Å²) in [5, 5.41) is 3.18. The van der Waals surface area contributed by atoms with E-state index in [1.54, 1.807) is 0 Å². The molecular formula is C23H30N4O2. The number of anilines is 1. The lowest BCUT2D eigenvalue weighted by molar-refractivity contribution is 0.178. The highest BCUT2D eigenvalue weighted by atomic mass is 16.5. The third kappa shape index (κ3) is 4.82. The molecule has 0 aromatic heterocycles. The number of benzene rings is 2. The number of aliphatic imine (C=N–C) groups is 1. The van der Waals surface area contributed by atoms with E-state index in [1.165, 1.54) is 11.1 Å². The lowest BCUT2D eigenvalue weighted by Gasteiger charge is -2.34. The van der Waals surface area contributed by atoms with E-state index >= 15 is 0 Å². The minimum absolute atomic E-state index is 0.382. The number of hydrogen-bond donors (Lipinski definition) is 2. The van der Waals surface area contributed by atoms with Crippen molar-refractivity contribution in [1.82, 2.24) is 4.90 Å². The van der Waals surface area contributed by atoms with Gasteiger partial charge in [-0.25, -0.2) is 0 Å². The van der Waals surface area contributed by atoms with Crippen LogP contribution in [0.1, 0.15) is 30.9 Å². The fourth-order valence-corrected chi connectivity index (χ4v) is 3.96. The summed E-state index contributed by atoms with van der Waals surface area (Å²) in [4.78, 5) is 7.14. The lowest BCUT2D eigenvalue weighted by atomic mass is 9.98. The van der Waals surface area contributed by atoms with Crippen molar-refractivity contribution in [2.45, 2.75) is 38.8 Å². The van der Waals surface area contributed by atoms with Crippen molar-refractivity contribution in [2.75, 3.05) is 31.6 Å². The average molecular weight is 395 g/mol. The van der Waals surface area contributed by atoms with Gasteiger partial charge in [-0.2, -0.15) is 0 Å². The van der Waals surface area contributed by atoms with Crippen LogP contribution in [0.2, 0.25) is 0 Å². The Hall–Kier alpha value is -2.73. The highest BCUT2D eigenvalue weighted by Crippen LogP contribution is 2.32. The number of ether oxygens (including phenoxy) is 2. The first kappa shape index (κ1) is 19.6. The number of guanidine groups is 1. The summed E-state index contributed by atoms with van der Waals surface area (Å²) >= 11 is 0. The molecule has 1 unspecified atom stereocenters. The first-order valence-electron chi connectivity index (χ1n) is 10.5. The maximum Gasteiger partial charge on any atom is 0.193 e. The molecule has 6 heteroatoms. The van der Waals surface area contributed by atoms with Crippen LogP contribution in [0.5, 0.6) is 11.5 Å². The van der Waals surface area contributed by atoms with Crippen LogP contribution in [-0.2, 0) is 13.0 Å². The number of nitrogens with one attached hydrogen (secondary N) is 1. The second kappa shape index (κ2) is 9.18. The molecule has 6 nitrogen and oxygen atoms in total. The zero-order valence-corrected chi connectivity index (χ0v) is 17.1. The highest BCUT2D eigenvalue weighted by Gasteiger charge is 2.22. The minimum atomic E-state index is 0.382. The maximum absolute atomic E-state index is 6.17. The van der Waals surface area contributed by atoms with E-state index < -0.39 is 0 Å². The summed E-state index contributed by atoms with van der Waals surface area (Å²) in [6, 6.07) is 14.9. The molecule has 2 aliphatic rings. The summed E-state index contributed by atoms with van der Waals surface area (Å²) in [7, 11) is 0. The first-order chi connectivity index (χ1) is 14.2. The summed E-state index contributed by atoms with van der Waals surface area (Å²) in [5.41, 5.74) is 9.93. The monoisotopic (exact) mass is 394 g/mol. The van der Waals surface area contributed by atoms with Gasteiger partial charge in [0.2, 0.25) is 0 Å². The van der Waals surface area contributed by atoms with E-state index in [2.05, 4.69) is 46.4 Å². The molecule has 0 amide bonds. The van der Waals surface area contributed by atoms with Crippen molar-refractivity contribution in [3.8, 4) is 11.5 Å². The average Bonchev–Trinajstić information content (AvgIpc) is 2.99. The predicted molar refractivity (Wildman–Crippen MR) is 117 cm³/mol. The Morgan fingerprint density at radius 1 is 1.14 bits per heavy atom. The summed E-state index contributed by atoms with van der Waals surface area (Å²) < 4.78 is 11.4. The van der Waals surface area contributed by atoms with E-state index in [1.807, 2.05) is 18.2 Å². The standard InChI is InChI=1S/C23H30N4O2/c1-2-20(27-11-10-17-6-3-4-7-18(17)16-27)15-25-23(24)26-19-8-9-21-22(14-19)29-13-5-12-28-21/h3-4,6-9,14,20H,2,5,10-13,15-16H2,1H3,(H3,24,25,26). The fraction of sp³-hybridized carbons (Fsp3) is 0.435. The van der Waals surface area contributed by atoms with Gasteiger partial charge >= 0.3 is 0 Å². The van der Waals surface area contributed by atoms with Crippen LogP contribution in [0.4, 0.5) is 5.69 Å². The Balaban J connectivity index is 1.37. The molecule has 3 N–H and O–H groups in total. The molecule has 2 aliphatic heterocycles. The Morgan fingerprint density at radius 2 is 1.93 bits per heavy atom. The highest BCUT2D eigenvalue weighted by molar-refractivity contribution is 5.92. The van der Waals surface area contributed by atoms with Gasteiger partial charge in [-0.1, -0.05) is 31.2 Å². The van der Waals surface area contributed by atoms with Crippen molar-refractivity contribution >= 4 is 11.6 Å². The molecule has 0 saturated heterocycles. The molecule has 0 bridgehead atoms. The Morgan fingerprint density at radius 3 is 2.76 bits per heavy atom. The second-order valence-corrected chi connectivity index (χ2v) is 7.61. The molecule has 2 aromatic rings. The molecule has 4 rings (SSSR count). The van der Waals surface area contributed by atoms with Crippen molar-refractivity contribution in [2.24, 2.45) is 10.7 Å². The van der Waals surface area contributed by atoms with Crippen LogP contribution in [0.3, 0.4) is 0 Å². The molecule has 2 heterocycles. The van der Waals surface area contributed by atoms with Crippen molar-refractivity contribution in [1.29, 1.82) is 0 Å². The van der Waals surface area contributed by atoms with Gasteiger partial charge in [0.05, 0.1) is 19.8 Å². The molecule has 0 saturated carbocycles. The summed E-state index contributed by atoms with van der Waals surface area (Å²) in [6.07, 6.45) is 3.03. The van der Waals surface area contributed by atoms with E-state index in [0.29, 0.717) is 31.8 Å². The molecule has 0 radical (unpaired) electrons. The Kier molecular flexibility index (Phi) is 6.20. The van der Waals surface area contributed by atoms with Crippen LogP contribution in [0, 0.1) is 0 Å². The largest absolute Gasteiger partial charge is 0.490 e. The minimum Gasteiger partial charge on any atom is -0.490 e. The van der Waals surface area contributed by atoms with E-state index in [-0.39, 0.29) is 0 Å². The molecule has 29 heavy (non-hydrogen) atoms. The molecule has 1 atom stereocenters. The van der Waals surface area contributed by atoms with E-state index in [9.17, 15) is 0 Å². The van der Waals surface area contributed by atoms with Crippen LogP contribution in [0.25, 0.3) is 0 Å². The van der Waals surface area contributed by atoms with Gasteiger partial charge in [-0.15, -0.1) is 0 Å². The van der Waals surface area contributed by atoms with Crippen LogP contribution >= 0.6 is 0 Å². The summed E-state index contributed by atoms with van der Waals surface area (Å²) in [6.45, 7) is 6.30. The topological polar surface area (TPSA) is 72.1 Å². The Labute approximate surface area is 172 Å². The smallest absolute Gasteiger partial charge is 0.193 e. The molecule has 2 aromatic carbocycles. The zero-order chi connectivity index (χ0) is 20.1.